The van der Waals surface area contributed by atoms with Crippen molar-refractivity contribution < 1.29 is 13.2 Å². The highest BCUT2D eigenvalue weighted by atomic mass is 32.2. The Kier molecular flexibility index (Phi) is 3.43. The molecule has 4 nitrogen and oxygen atoms in total. The molecule has 1 aromatic carbocycles. The average Bonchev–Trinajstić information content (AvgIpc) is 2.26. The van der Waals surface area contributed by atoms with E-state index in [0.29, 0.717) is 0 Å². The lowest BCUT2D eigenvalue weighted by molar-refractivity contribution is -0.116. The summed E-state index contributed by atoms with van der Waals surface area (Å²) in [6.07, 6.45) is 2.89. The van der Waals surface area contributed by atoms with E-state index < -0.39 is 15.6 Å². The van der Waals surface area contributed by atoms with Crippen LogP contribution in [0.4, 0.5) is 5.69 Å². The largest absolute Gasteiger partial charge is 0.308 e. The monoisotopic (exact) mass is 267 g/mol. The lowest BCUT2D eigenvalue weighted by Gasteiger charge is -2.35. The van der Waals surface area contributed by atoms with E-state index in [1.165, 1.54) is 0 Å². The van der Waals surface area contributed by atoms with Crippen LogP contribution in [0.2, 0.25) is 0 Å². The average molecular weight is 267 g/mol. The van der Waals surface area contributed by atoms with Gasteiger partial charge in [-0.05, 0) is 31.4 Å². The maximum absolute atomic E-state index is 12.1. The Bertz CT molecular complexity index is 565. The van der Waals surface area contributed by atoms with Crippen molar-refractivity contribution in [2.75, 3.05) is 16.9 Å². The highest BCUT2D eigenvalue weighted by molar-refractivity contribution is 7.91. The highest BCUT2D eigenvalue weighted by Crippen LogP contribution is 2.30. The minimum atomic E-state index is -3.29. The zero-order valence-corrected chi connectivity index (χ0v) is 11.4. The van der Waals surface area contributed by atoms with Gasteiger partial charge >= 0.3 is 0 Å². The Morgan fingerprint density at radius 3 is 2.72 bits per heavy atom. The zero-order valence-electron chi connectivity index (χ0n) is 10.6. The Morgan fingerprint density at radius 1 is 1.39 bits per heavy atom. The number of sulfone groups is 1. The first-order valence-electron chi connectivity index (χ1n) is 5.96. The first-order valence-corrected chi connectivity index (χ1v) is 8.02. The molecule has 5 heteroatoms. The second kappa shape index (κ2) is 4.72. The number of nitrogens with zero attached hydrogens (tertiary/aromatic N) is 1. The summed E-state index contributed by atoms with van der Waals surface area (Å²) in [5.74, 6) is -0.761. The number of rotatable bonds is 2. The summed E-state index contributed by atoms with van der Waals surface area (Å²) in [6, 6.07) is 7.73. The smallest absolute Gasteiger partial charge is 0.242 e. The molecule has 0 N–H and O–H groups in total. The fraction of sp³-hybridized carbons (Fsp3) is 0.462. The number of para-hydroxylation sites is 1. The third-order valence-electron chi connectivity index (χ3n) is 3.18. The number of amides is 1. The Labute approximate surface area is 108 Å². The molecule has 0 spiro atoms. The summed E-state index contributed by atoms with van der Waals surface area (Å²) >= 11 is 0. The zero-order chi connectivity index (χ0) is 13.3. The molecular weight excluding hydrogens is 250 g/mol. The van der Waals surface area contributed by atoms with Crippen molar-refractivity contribution in [1.82, 2.24) is 0 Å². The van der Waals surface area contributed by atoms with Gasteiger partial charge in [0.05, 0.1) is 0 Å². The van der Waals surface area contributed by atoms with Crippen molar-refractivity contribution in [2.24, 2.45) is 0 Å². The van der Waals surface area contributed by atoms with E-state index >= 15 is 0 Å². The summed E-state index contributed by atoms with van der Waals surface area (Å²) in [5, 5.41) is 0. The van der Waals surface area contributed by atoms with Gasteiger partial charge in [-0.2, -0.15) is 0 Å². The standard InChI is InChI=1S/C13H17NO3S/c1-10-7-8-11-5-3-4-6-12(11)14(10)13(15)9-18(2,16)17/h3-6,10H,7-9H2,1-2H3/t10-/m1/s1. The molecule has 0 aromatic heterocycles. The molecule has 1 aromatic rings. The molecule has 1 atom stereocenters. The minimum Gasteiger partial charge on any atom is -0.308 e. The summed E-state index contributed by atoms with van der Waals surface area (Å²) in [4.78, 5) is 13.8. The van der Waals surface area contributed by atoms with Crippen LogP contribution in [-0.2, 0) is 21.1 Å². The van der Waals surface area contributed by atoms with Crippen molar-refractivity contribution in [2.45, 2.75) is 25.8 Å². The summed E-state index contributed by atoms with van der Waals surface area (Å²) in [7, 11) is -3.29. The van der Waals surface area contributed by atoms with Crippen molar-refractivity contribution in [3.8, 4) is 0 Å². The Hall–Kier alpha value is -1.36. The van der Waals surface area contributed by atoms with Crippen LogP contribution in [0.25, 0.3) is 0 Å². The number of carbonyl (C=O) groups is 1. The summed E-state index contributed by atoms with van der Waals surface area (Å²) in [5.41, 5.74) is 1.96. The lowest BCUT2D eigenvalue weighted by atomic mass is 9.97. The van der Waals surface area contributed by atoms with Crippen LogP contribution in [0.5, 0.6) is 0 Å². The second-order valence-corrected chi connectivity index (χ2v) is 6.99. The van der Waals surface area contributed by atoms with Crippen molar-refractivity contribution in [1.29, 1.82) is 0 Å². The molecule has 1 aliphatic rings. The molecule has 0 radical (unpaired) electrons. The van der Waals surface area contributed by atoms with E-state index in [0.717, 1.165) is 30.3 Å². The van der Waals surface area contributed by atoms with Crippen LogP contribution >= 0.6 is 0 Å². The van der Waals surface area contributed by atoms with Gasteiger partial charge in [0.2, 0.25) is 5.91 Å². The predicted molar refractivity (Wildman–Crippen MR) is 71.4 cm³/mol. The molecule has 0 saturated heterocycles. The predicted octanol–water partition coefficient (Wildman–Crippen LogP) is 1.40. The van der Waals surface area contributed by atoms with E-state index in [1.807, 2.05) is 31.2 Å². The van der Waals surface area contributed by atoms with E-state index in [9.17, 15) is 13.2 Å². The van der Waals surface area contributed by atoms with Crippen molar-refractivity contribution >= 4 is 21.4 Å². The van der Waals surface area contributed by atoms with Crippen molar-refractivity contribution in [3.63, 3.8) is 0 Å². The highest BCUT2D eigenvalue weighted by Gasteiger charge is 2.29. The molecule has 18 heavy (non-hydrogen) atoms. The van der Waals surface area contributed by atoms with E-state index in [2.05, 4.69) is 0 Å². The normalized spacial score (nSPS) is 19.4. The Morgan fingerprint density at radius 2 is 2.06 bits per heavy atom. The number of fused-ring (bicyclic) bond motifs is 1. The minimum absolute atomic E-state index is 0.0501. The van der Waals surface area contributed by atoms with Crippen LogP contribution in [0.3, 0.4) is 0 Å². The number of hydrogen-bond acceptors (Lipinski definition) is 3. The summed E-state index contributed by atoms with van der Waals surface area (Å²) in [6.45, 7) is 1.95. The quantitative estimate of drug-likeness (QED) is 0.814. The van der Waals surface area contributed by atoms with Crippen LogP contribution in [0, 0.1) is 0 Å². The van der Waals surface area contributed by atoms with Crippen LogP contribution in [-0.4, -0.2) is 32.4 Å². The molecule has 0 fully saturated rings. The first-order chi connectivity index (χ1) is 8.38. The van der Waals surface area contributed by atoms with Gasteiger partial charge in [0.15, 0.2) is 9.84 Å². The van der Waals surface area contributed by atoms with Gasteiger partial charge in [-0.25, -0.2) is 8.42 Å². The van der Waals surface area contributed by atoms with E-state index in [-0.39, 0.29) is 11.9 Å². The molecule has 98 valence electrons. The molecule has 2 rings (SSSR count). The fourth-order valence-electron chi connectivity index (χ4n) is 2.36. The molecule has 0 unspecified atom stereocenters. The van der Waals surface area contributed by atoms with Gasteiger partial charge < -0.3 is 4.90 Å². The first kappa shape index (κ1) is 13.1. The number of benzene rings is 1. The number of hydrogen-bond donors (Lipinski definition) is 0. The summed E-state index contributed by atoms with van der Waals surface area (Å²) < 4.78 is 22.5. The molecule has 1 amide bonds. The lowest BCUT2D eigenvalue weighted by Crippen LogP contribution is -2.44. The van der Waals surface area contributed by atoms with Gasteiger partial charge in [-0.15, -0.1) is 0 Å². The van der Waals surface area contributed by atoms with Gasteiger partial charge in [0.25, 0.3) is 0 Å². The number of anilines is 1. The molecule has 0 aliphatic carbocycles. The van der Waals surface area contributed by atoms with E-state index in [4.69, 9.17) is 0 Å². The van der Waals surface area contributed by atoms with E-state index in [1.54, 1.807) is 4.90 Å². The molecule has 0 bridgehead atoms. The Balaban J connectivity index is 2.35. The molecule has 0 saturated carbocycles. The van der Waals surface area contributed by atoms with Gasteiger partial charge in [0, 0.05) is 18.0 Å². The number of carbonyl (C=O) groups excluding carboxylic acids is 1. The maximum atomic E-state index is 12.1. The molecule has 1 aliphatic heterocycles. The van der Waals surface area contributed by atoms with Crippen LogP contribution in [0.15, 0.2) is 24.3 Å². The van der Waals surface area contributed by atoms with Crippen molar-refractivity contribution in [3.05, 3.63) is 29.8 Å². The second-order valence-electron chi connectivity index (χ2n) is 4.85. The van der Waals surface area contributed by atoms with Gasteiger partial charge in [-0.1, -0.05) is 18.2 Å². The molecule has 1 heterocycles. The van der Waals surface area contributed by atoms with Gasteiger partial charge in [-0.3, -0.25) is 4.79 Å². The fourth-order valence-corrected chi connectivity index (χ4v) is 2.95. The third-order valence-corrected chi connectivity index (χ3v) is 3.95. The SMILES string of the molecule is C[C@@H]1CCc2ccccc2N1C(=O)CS(C)(=O)=O. The maximum Gasteiger partial charge on any atom is 0.242 e. The van der Waals surface area contributed by atoms with Crippen LogP contribution in [0.1, 0.15) is 18.9 Å². The number of aryl methyl sites for hydroxylation is 1. The third kappa shape index (κ3) is 2.72. The topological polar surface area (TPSA) is 54.5 Å². The molecular formula is C13H17NO3S. The van der Waals surface area contributed by atoms with Gasteiger partial charge in [0.1, 0.15) is 5.75 Å². The van der Waals surface area contributed by atoms with Crippen LogP contribution < -0.4 is 4.90 Å².